The van der Waals surface area contributed by atoms with Gasteiger partial charge >= 0.3 is 0 Å². The van der Waals surface area contributed by atoms with E-state index in [1.807, 2.05) is 25.1 Å². The molecule has 1 N–H and O–H groups in total. The lowest BCUT2D eigenvalue weighted by molar-refractivity contribution is -0.132. The Morgan fingerprint density at radius 2 is 1.73 bits per heavy atom. The van der Waals surface area contributed by atoms with Crippen molar-refractivity contribution in [3.8, 4) is 5.75 Å². The topological polar surface area (TPSA) is 79.7 Å². The zero-order valence-corrected chi connectivity index (χ0v) is 16.6. The van der Waals surface area contributed by atoms with E-state index in [-0.39, 0.29) is 11.3 Å². The average molecular weight is 400 g/mol. The van der Waals surface area contributed by atoms with Gasteiger partial charge in [0, 0.05) is 23.6 Å². The van der Waals surface area contributed by atoms with Gasteiger partial charge in [0.2, 0.25) is 0 Å². The van der Waals surface area contributed by atoms with Gasteiger partial charge < -0.3 is 9.84 Å². The number of carbonyl (C=O) groups excluding carboxylic acids is 2. The maximum absolute atomic E-state index is 13.1. The predicted octanol–water partition coefficient (Wildman–Crippen LogP) is 4.02. The highest BCUT2D eigenvalue weighted by atomic mass is 16.5. The largest absolute Gasteiger partial charge is 0.507 e. The van der Waals surface area contributed by atoms with E-state index < -0.39 is 17.7 Å². The van der Waals surface area contributed by atoms with E-state index in [4.69, 9.17) is 4.74 Å². The number of benzene rings is 2. The number of ether oxygens (including phenoxy) is 1. The number of methoxy groups -OCH3 is 1. The van der Waals surface area contributed by atoms with Crippen molar-refractivity contribution in [2.45, 2.75) is 13.0 Å². The highest BCUT2D eigenvalue weighted by Crippen LogP contribution is 2.42. The molecule has 0 bridgehead atoms. The van der Waals surface area contributed by atoms with Crippen molar-refractivity contribution in [3.05, 3.63) is 95.3 Å². The van der Waals surface area contributed by atoms with Gasteiger partial charge in [-0.1, -0.05) is 24.3 Å². The second-order valence-corrected chi connectivity index (χ2v) is 7.02. The first-order valence-electron chi connectivity index (χ1n) is 9.43. The van der Waals surface area contributed by atoms with Crippen LogP contribution in [0.5, 0.6) is 5.75 Å². The first kappa shape index (κ1) is 19.4. The molecule has 1 unspecified atom stereocenters. The lowest BCUT2D eigenvalue weighted by Crippen LogP contribution is -2.29. The van der Waals surface area contributed by atoms with Gasteiger partial charge in [0.25, 0.3) is 11.7 Å². The quantitative estimate of drug-likeness (QED) is 0.406. The molecule has 30 heavy (non-hydrogen) atoms. The molecule has 2 heterocycles. The van der Waals surface area contributed by atoms with Crippen LogP contribution in [-0.2, 0) is 9.59 Å². The Hall–Kier alpha value is -3.93. The van der Waals surface area contributed by atoms with E-state index in [9.17, 15) is 14.7 Å². The Kier molecular flexibility index (Phi) is 5.06. The Morgan fingerprint density at radius 3 is 2.37 bits per heavy atom. The number of Topliss-reactive ketones (excluding diaryl/α,β-unsaturated/α-hetero) is 1. The van der Waals surface area contributed by atoms with E-state index >= 15 is 0 Å². The molecule has 1 aliphatic rings. The number of aliphatic hydroxyl groups is 1. The molecular weight excluding hydrogens is 380 g/mol. The summed E-state index contributed by atoms with van der Waals surface area (Å²) in [6.45, 7) is 1.92. The third kappa shape index (κ3) is 3.33. The number of aromatic nitrogens is 1. The zero-order valence-electron chi connectivity index (χ0n) is 16.6. The van der Waals surface area contributed by atoms with Crippen LogP contribution < -0.4 is 9.64 Å². The van der Waals surface area contributed by atoms with E-state index in [1.54, 1.807) is 49.6 Å². The molecule has 6 heteroatoms. The van der Waals surface area contributed by atoms with Crippen molar-refractivity contribution >= 4 is 23.1 Å². The summed E-state index contributed by atoms with van der Waals surface area (Å²) >= 11 is 0. The molecule has 0 saturated carbocycles. The van der Waals surface area contributed by atoms with E-state index in [0.717, 1.165) is 5.56 Å². The Bertz CT molecular complexity index is 1140. The van der Waals surface area contributed by atoms with Crippen LogP contribution in [0.1, 0.15) is 22.7 Å². The Morgan fingerprint density at radius 1 is 1.03 bits per heavy atom. The fraction of sp³-hybridized carbons (Fsp3) is 0.125. The molecule has 1 atom stereocenters. The molecule has 1 amide bonds. The smallest absolute Gasteiger partial charge is 0.300 e. The standard InChI is InChI=1S/C24H20N2O4/c1-15-4-3-5-18(14-15)26-21(16-6-8-19(30-2)9-7-16)20(23(28)24(26)29)22(27)17-10-12-25-13-11-17/h3-14,21,27H,1-2H3/b22-20+. The summed E-state index contributed by atoms with van der Waals surface area (Å²) in [5.74, 6) is -0.990. The number of rotatable bonds is 4. The van der Waals surface area contributed by atoms with Crippen LogP contribution >= 0.6 is 0 Å². The third-order valence-electron chi connectivity index (χ3n) is 5.11. The fourth-order valence-electron chi connectivity index (χ4n) is 3.64. The number of ketones is 1. The third-order valence-corrected chi connectivity index (χ3v) is 5.11. The highest BCUT2D eigenvalue weighted by molar-refractivity contribution is 6.51. The molecule has 150 valence electrons. The van der Waals surface area contributed by atoms with Gasteiger partial charge in [0.15, 0.2) is 0 Å². The zero-order chi connectivity index (χ0) is 21.3. The summed E-state index contributed by atoms with van der Waals surface area (Å²) in [6.07, 6.45) is 3.04. The van der Waals surface area contributed by atoms with Crippen LogP contribution in [0.4, 0.5) is 5.69 Å². The molecule has 1 aliphatic heterocycles. The normalized spacial score (nSPS) is 17.9. The number of nitrogens with zero attached hydrogens (tertiary/aromatic N) is 2. The van der Waals surface area contributed by atoms with Gasteiger partial charge in [0.1, 0.15) is 11.5 Å². The number of hydrogen-bond donors (Lipinski definition) is 1. The number of amides is 1. The lowest BCUT2D eigenvalue weighted by Gasteiger charge is -2.25. The molecule has 0 spiro atoms. The number of aliphatic hydroxyl groups excluding tert-OH is 1. The van der Waals surface area contributed by atoms with Crippen LogP contribution in [-0.4, -0.2) is 28.9 Å². The molecule has 1 saturated heterocycles. The second kappa shape index (κ2) is 7.83. The van der Waals surface area contributed by atoms with Crippen LogP contribution in [0.2, 0.25) is 0 Å². The minimum atomic E-state index is -0.772. The molecule has 1 aromatic heterocycles. The number of carbonyl (C=O) groups is 2. The Labute approximate surface area is 174 Å². The number of hydrogen-bond acceptors (Lipinski definition) is 5. The van der Waals surface area contributed by atoms with Gasteiger partial charge in [-0.25, -0.2) is 0 Å². The minimum Gasteiger partial charge on any atom is -0.507 e. The SMILES string of the molecule is COc1ccc(C2/C(=C(\O)c3ccncc3)C(=O)C(=O)N2c2cccc(C)c2)cc1. The summed E-state index contributed by atoms with van der Waals surface area (Å²) in [5.41, 5.74) is 2.69. The molecule has 6 nitrogen and oxygen atoms in total. The van der Waals surface area contributed by atoms with Crippen molar-refractivity contribution in [2.75, 3.05) is 12.0 Å². The summed E-state index contributed by atoms with van der Waals surface area (Å²) in [6, 6.07) is 16.9. The monoisotopic (exact) mass is 400 g/mol. The van der Waals surface area contributed by atoms with Gasteiger partial charge in [-0.3, -0.25) is 19.5 Å². The Balaban J connectivity index is 1.94. The maximum Gasteiger partial charge on any atom is 0.300 e. The number of pyridine rings is 1. The van der Waals surface area contributed by atoms with Gasteiger partial charge in [-0.2, -0.15) is 0 Å². The summed E-state index contributed by atoms with van der Waals surface area (Å²) in [5, 5.41) is 11.0. The van der Waals surface area contributed by atoms with Gasteiger partial charge in [-0.05, 0) is 54.4 Å². The summed E-state index contributed by atoms with van der Waals surface area (Å²) < 4.78 is 5.23. The van der Waals surface area contributed by atoms with E-state index in [1.165, 1.54) is 17.3 Å². The molecule has 0 aliphatic carbocycles. The van der Waals surface area contributed by atoms with Crippen LogP contribution in [0.3, 0.4) is 0 Å². The molecule has 0 radical (unpaired) electrons. The van der Waals surface area contributed by atoms with Crippen molar-refractivity contribution in [3.63, 3.8) is 0 Å². The average Bonchev–Trinajstić information content (AvgIpc) is 3.04. The number of anilines is 1. The fourth-order valence-corrected chi connectivity index (χ4v) is 3.64. The highest BCUT2D eigenvalue weighted by Gasteiger charge is 2.46. The number of aryl methyl sites for hydroxylation is 1. The first-order valence-corrected chi connectivity index (χ1v) is 9.43. The van der Waals surface area contributed by atoms with Crippen LogP contribution in [0.15, 0.2) is 78.6 Å². The first-order chi connectivity index (χ1) is 14.5. The molecule has 2 aromatic carbocycles. The van der Waals surface area contributed by atoms with Crippen molar-refractivity contribution in [1.29, 1.82) is 0 Å². The van der Waals surface area contributed by atoms with E-state index in [0.29, 0.717) is 22.6 Å². The summed E-state index contributed by atoms with van der Waals surface area (Å²) in [4.78, 5) is 31.5. The van der Waals surface area contributed by atoms with Crippen LogP contribution in [0.25, 0.3) is 5.76 Å². The molecule has 3 aromatic rings. The summed E-state index contributed by atoms with van der Waals surface area (Å²) in [7, 11) is 1.57. The second-order valence-electron chi connectivity index (χ2n) is 7.02. The van der Waals surface area contributed by atoms with Crippen molar-refractivity contribution in [2.24, 2.45) is 0 Å². The van der Waals surface area contributed by atoms with Gasteiger partial charge in [-0.15, -0.1) is 0 Å². The van der Waals surface area contributed by atoms with E-state index in [2.05, 4.69) is 4.98 Å². The van der Waals surface area contributed by atoms with Crippen molar-refractivity contribution in [1.82, 2.24) is 4.98 Å². The van der Waals surface area contributed by atoms with Crippen LogP contribution in [0, 0.1) is 6.92 Å². The lowest BCUT2D eigenvalue weighted by atomic mass is 9.95. The van der Waals surface area contributed by atoms with Crippen molar-refractivity contribution < 1.29 is 19.4 Å². The molecular formula is C24H20N2O4. The maximum atomic E-state index is 13.1. The minimum absolute atomic E-state index is 0.0397. The predicted molar refractivity (Wildman–Crippen MR) is 113 cm³/mol. The van der Waals surface area contributed by atoms with Gasteiger partial charge in [0.05, 0.1) is 18.7 Å². The molecule has 1 fully saturated rings. The molecule has 4 rings (SSSR count).